The van der Waals surface area contributed by atoms with Gasteiger partial charge in [0.25, 0.3) is 0 Å². The highest BCUT2D eigenvalue weighted by molar-refractivity contribution is 8.00. The highest BCUT2D eigenvalue weighted by Gasteiger charge is 2.56. The van der Waals surface area contributed by atoms with Crippen molar-refractivity contribution in [2.75, 3.05) is 36.3 Å². The van der Waals surface area contributed by atoms with Gasteiger partial charge in [0.1, 0.15) is 17.5 Å². The number of imide groups is 1. The molecule has 0 aliphatic carbocycles. The molecule has 3 heterocycles. The Balaban J connectivity index is 1.39. The fourth-order valence-corrected chi connectivity index (χ4v) is 8.33. The Hall–Kier alpha value is -4.35. The van der Waals surface area contributed by atoms with Crippen LogP contribution in [0.5, 0.6) is 5.75 Å². The number of benzene rings is 3. The summed E-state index contributed by atoms with van der Waals surface area (Å²) in [6, 6.07) is 22.1. The summed E-state index contributed by atoms with van der Waals surface area (Å²) in [7, 11) is 5.46. The van der Waals surface area contributed by atoms with Gasteiger partial charge in [0, 0.05) is 36.3 Å². The summed E-state index contributed by atoms with van der Waals surface area (Å²) in [5, 5.41) is 2.63. The van der Waals surface area contributed by atoms with E-state index in [1.54, 1.807) is 43.5 Å². The quantitative estimate of drug-likeness (QED) is 0.301. The smallest absolute Gasteiger partial charge is 0.308 e. The lowest BCUT2D eigenvalue weighted by atomic mass is 9.83. The number of hydrogen-bond acceptors (Lipinski definition) is 8. The zero-order valence-corrected chi connectivity index (χ0v) is 25.7. The van der Waals surface area contributed by atoms with E-state index < -0.39 is 17.1 Å². The third-order valence-corrected chi connectivity index (χ3v) is 10.4. The molecular formula is C32H30N4O5S2. The summed E-state index contributed by atoms with van der Waals surface area (Å²) >= 11 is 2.24. The van der Waals surface area contributed by atoms with Gasteiger partial charge in [0.2, 0.25) is 17.7 Å². The Labute approximate surface area is 257 Å². The van der Waals surface area contributed by atoms with Crippen LogP contribution in [-0.2, 0) is 20.9 Å². The maximum Gasteiger partial charge on any atom is 0.308 e. The van der Waals surface area contributed by atoms with E-state index in [0.717, 1.165) is 28.2 Å². The van der Waals surface area contributed by atoms with Crippen molar-refractivity contribution >= 4 is 57.9 Å². The van der Waals surface area contributed by atoms with E-state index in [1.807, 2.05) is 62.3 Å². The molecule has 0 unspecified atom stereocenters. The largest absolute Gasteiger partial charge is 0.497 e. The minimum atomic E-state index is -0.746. The minimum Gasteiger partial charge on any atom is -0.497 e. The summed E-state index contributed by atoms with van der Waals surface area (Å²) in [4.78, 5) is 58.1. The van der Waals surface area contributed by atoms with Crippen molar-refractivity contribution in [2.45, 2.75) is 29.7 Å². The molecule has 0 spiro atoms. The number of nitrogens with one attached hydrogen (secondary N) is 1. The molecule has 4 aromatic rings. The number of rotatable bonds is 7. The minimum absolute atomic E-state index is 0.225. The fraction of sp³-hybridized carbons (Fsp3) is 0.250. The molecule has 1 N–H and O–H groups in total. The predicted octanol–water partition coefficient (Wildman–Crippen LogP) is 4.73. The van der Waals surface area contributed by atoms with Gasteiger partial charge in [-0.15, -0.1) is 0 Å². The fourth-order valence-electron chi connectivity index (χ4n) is 5.56. The lowest BCUT2D eigenvalue weighted by Crippen LogP contribution is -2.33. The van der Waals surface area contributed by atoms with Crippen molar-refractivity contribution in [2.24, 2.45) is 5.92 Å². The lowest BCUT2D eigenvalue weighted by molar-refractivity contribution is -0.122. The zero-order valence-electron chi connectivity index (χ0n) is 24.1. The van der Waals surface area contributed by atoms with Crippen LogP contribution >= 0.6 is 23.1 Å². The molecule has 6 rings (SSSR count). The molecule has 1 saturated heterocycles. The van der Waals surface area contributed by atoms with Crippen LogP contribution in [0.4, 0.5) is 17.1 Å². The average molecular weight is 615 g/mol. The second kappa shape index (κ2) is 11.4. The summed E-state index contributed by atoms with van der Waals surface area (Å²) in [5.74, 6) is -1.55. The van der Waals surface area contributed by atoms with Crippen molar-refractivity contribution in [1.82, 2.24) is 4.57 Å². The highest BCUT2D eigenvalue weighted by atomic mass is 32.2. The molecular weight excluding hydrogens is 585 g/mol. The van der Waals surface area contributed by atoms with Crippen molar-refractivity contribution in [3.63, 3.8) is 0 Å². The van der Waals surface area contributed by atoms with Gasteiger partial charge in [-0.1, -0.05) is 52.9 Å². The Morgan fingerprint density at radius 3 is 2.23 bits per heavy atom. The summed E-state index contributed by atoms with van der Waals surface area (Å²) in [5.41, 5.74) is 3.94. The Morgan fingerprint density at radius 2 is 1.60 bits per heavy atom. The van der Waals surface area contributed by atoms with E-state index in [2.05, 4.69) is 5.32 Å². The number of thioether (sulfide) groups is 1. The van der Waals surface area contributed by atoms with Crippen molar-refractivity contribution in [3.8, 4) is 5.75 Å². The molecule has 1 fully saturated rings. The van der Waals surface area contributed by atoms with Crippen LogP contribution < -0.4 is 24.7 Å². The maximum atomic E-state index is 14.1. The first-order chi connectivity index (χ1) is 20.7. The molecule has 2 aliphatic rings. The summed E-state index contributed by atoms with van der Waals surface area (Å²) in [6.07, 6.45) is 0. The van der Waals surface area contributed by atoms with E-state index in [9.17, 15) is 19.2 Å². The predicted molar refractivity (Wildman–Crippen MR) is 170 cm³/mol. The van der Waals surface area contributed by atoms with Gasteiger partial charge >= 0.3 is 4.87 Å². The summed E-state index contributed by atoms with van der Waals surface area (Å²) in [6.45, 7) is 1.72. The number of anilines is 3. The molecule has 3 aromatic carbocycles. The molecule has 0 saturated carbocycles. The second-order valence-corrected chi connectivity index (χ2v) is 12.9. The first-order valence-electron chi connectivity index (χ1n) is 13.7. The second-order valence-electron chi connectivity index (χ2n) is 10.8. The van der Waals surface area contributed by atoms with Gasteiger partial charge in [-0.05, 0) is 61.0 Å². The normalized spacial score (nSPS) is 19.2. The Bertz CT molecular complexity index is 1760. The zero-order chi connectivity index (χ0) is 30.4. The van der Waals surface area contributed by atoms with E-state index in [1.165, 1.54) is 21.2 Å². The van der Waals surface area contributed by atoms with E-state index >= 15 is 0 Å². The van der Waals surface area contributed by atoms with Crippen LogP contribution in [-0.4, -0.2) is 48.7 Å². The number of fused-ring (bicyclic) bond motifs is 2. The molecule has 9 nitrogen and oxygen atoms in total. The van der Waals surface area contributed by atoms with Crippen LogP contribution in [0.2, 0.25) is 0 Å². The van der Waals surface area contributed by atoms with Gasteiger partial charge in [-0.2, -0.15) is 0 Å². The monoisotopic (exact) mass is 614 g/mol. The molecule has 220 valence electrons. The average Bonchev–Trinajstić information content (AvgIpc) is 3.44. The van der Waals surface area contributed by atoms with Crippen LogP contribution in [0, 0.1) is 12.8 Å². The summed E-state index contributed by atoms with van der Waals surface area (Å²) < 4.78 is 6.60. The van der Waals surface area contributed by atoms with Gasteiger partial charge in [-0.3, -0.25) is 23.7 Å². The molecule has 11 heteroatoms. The number of nitrogens with zero attached hydrogens (tertiary/aromatic N) is 3. The number of thiazole rings is 1. The molecule has 3 amide bonds. The topological polar surface area (TPSA) is 101 Å². The van der Waals surface area contributed by atoms with E-state index in [0.29, 0.717) is 27.0 Å². The molecule has 43 heavy (non-hydrogen) atoms. The third-order valence-electron chi connectivity index (χ3n) is 7.79. The molecule has 0 radical (unpaired) electrons. The lowest BCUT2D eigenvalue weighted by Gasteiger charge is -2.31. The number of aromatic nitrogens is 1. The van der Waals surface area contributed by atoms with Crippen molar-refractivity contribution < 1.29 is 19.1 Å². The number of aryl methyl sites for hydroxylation is 1. The van der Waals surface area contributed by atoms with E-state index in [4.69, 9.17) is 4.74 Å². The van der Waals surface area contributed by atoms with Gasteiger partial charge in [0.15, 0.2) is 0 Å². The third kappa shape index (κ3) is 5.23. The Kier molecular flexibility index (Phi) is 7.61. The van der Waals surface area contributed by atoms with Crippen molar-refractivity contribution in [1.29, 1.82) is 0 Å². The van der Waals surface area contributed by atoms with Crippen LogP contribution in [0.15, 0.2) is 82.6 Å². The van der Waals surface area contributed by atoms with Crippen LogP contribution in [0.3, 0.4) is 0 Å². The molecule has 0 bridgehead atoms. The number of hydrogen-bond donors (Lipinski definition) is 1. The first-order valence-corrected chi connectivity index (χ1v) is 15.4. The number of ether oxygens (including phenoxy) is 1. The number of carbonyl (C=O) groups excluding carboxylic acids is 3. The van der Waals surface area contributed by atoms with Crippen LogP contribution in [0.1, 0.15) is 21.9 Å². The first kappa shape index (κ1) is 28.8. The molecule has 2 aliphatic heterocycles. The highest BCUT2D eigenvalue weighted by Crippen LogP contribution is 2.54. The SMILES string of the molecule is COc1ccc(NC(=O)Cn2c3c(sc2=O)[C@@H](c2ccc(N(C)C)cc2)[C@@H]2C(=O)N(c4ccc(C)cc4)C(=O)[C@@H]2S3)cc1. The molecule has 3 atom stereocenters. The number of methoxy groups -OCH3 is 1. The standard InChI is InChI=1S/C32H30N4O5S2/c1-18-5-11-22(12-6-18)36-29(38)26-25(19-7-13-21(14-8-19)34(2)3)28-31(42-27(26)30(36)39)35(32(40)43-28)17-24(37)33-20-9-15-23(41-4)16-10-20/h5-16,25-27H,17H2,1-4H3,(H,33,37)/t25-,26-,27+/m0/s1. The van der Waals surface area contributed by atoms with E-state index in [-0.39, 0.29) is 29.1 Å². The molecule has 1 aromatic heterocycles. The number of carbonyl (C=O) groups is 3. The van der Waals surface area contributed by atoms with Gasteiger partial charge < -0.3 is 15.0 Å². The van der Waals surface area contributed by atoms with Gasteiger partial charge in [-0.25, -0.2) is 4.90 Å². The number of amides is 3. The van der Waals surface area contributed by atoms with Gasteiger partial charge in [0.05, 0.1) is 23.7 Å². The van der Waals surface area contributed by atoms with Crippen molar-refractivity contribution in [3.05, 3.63) is 98.5 Å². The van der Waals surface area contributed by atoms with Crippen LogP contribution in [0.25, 0.3) is 0 Å². The Morgan fingerprint density at radius 1 is 0.930 bits per heavy atom. The maximum absolute atomic E-state index is 14.1.